The second-order valence-electron chi connectivity index (χ2n) is 6.16. The third-order valence-corrected chi connectivity index (χ3v) is 4.29. The molecule has 0 amide bonds. The second-order valence-corrected chi connectivity index (χ2v) is 6.16. The van der Waals surface area contributed by atoms with E-state index in [-0.39, 0.29) is 23.8 Å². The Morgan fingerprint density at radius 2 is 1.81 bits per heavy atom. The standard InChI is InChI=1S/C20H17F2NO3/c21-13-3-1-12(2-4-13)11-23-19-8-6-15-16(19)5-7-18(22)17(15)9-14(24)10-20(25)26/h1-8,19,23H,9-11H2,(H,25,26). The highest BCUT2D eigenvalue weighted by molar-refractivity contribution is 5.96. The first-order chi connectivity index (χ1) is 12.4. The molecule has 1 aliphatic carbocycles. The molecule has 1 aliphatic rings. The van der Waals surface area contributed by atoms with Crippen molar-refractivity contribution in [2.75, 3.05) is 0 Å². The summed E-state index contributed by atoms with van der Waals surface area (Å²) in [6.07, 6.45) is 2.72. The molecule has 0 aromatic heterocycles. The van der Waals surface area contributed by atoms with Crippen molar-refractivity contribution in [2.45, 2.75) is 25.4 Å². The number of fused-ring (bicyclic) bond motifs is 1. The van der Waals surface area contributed by atoms with E-state index >= 15 is 0 Å². The van der Waals surface area contributed by atoms with Gasteiger partial charge >= 0.3 is 5.97 Å². The molecule has 26 heavy (non-hydrogen) atoms. The number of aliphatic carboxylic acids is 1. The van der Waals surface area contributed by atoms with Crippen LogP contribution < -0.4 is 5.32 Å². The lowest BCUT2D eigenvalue weighted by Crippen LogP contribution is -2.19. The molecule has 0 fully saturated rings. The number of ketones is 1. The highest BCUT2D eigenvalue weighted by Gasteiger charge is 2.23. The molecule has 0 bridgehead atoms. The third-order valence-electron chi connectivity index (χ3n) is 4.29. The summed E-state index contributed by atoms with van der Waals surface area (Å²) in [7, 11) is 0. The van der Waals surface area contributed by atoms with Crippen molar-refractivity contribution < 1.29 is 23.5 Å². The molecule has 0 aliphatic heterocycles. The minimum atomic E-state index is -1.22. The second kappa shape index (κ2) is 7.58. The van der Waals surface area contributed by atoms with Gasteiger partial charge in [0.15, 0.2) is 0 Å². The van der Waals surface area contributed by atoms with Crippen LogP contribution in [-0.4, -0.2) is 16.9 Å². The van der Waals surface area contributed by atoms with Gasteiger partial charge < -0.3 is 10.4 Å². The average Bonchev–Trinajstić information content (AvgIpc) is 2.99. The molecule has 1 atom stereocenters. The number of carboxylic acids is 1. The maximum Gasteiger partial charge on any atom is 0.310 e. The summed E-state index contributed by atoms with van der Waals surface area (Å²) in [6, 6.07) is 8.92. The number of carboxylic acid groups (broad SMARTS) is 1. The molecule has 0 spiro atoms. The molecule has 0 heterocycles. The van der Waals surface area contributed by atoms with Crippen LogP contribution in [0.2, 0.25) is 0 Å². The van der Waals surface area contributed by atoms with Crippen molar-refractivity contribution in [1.29, 1.82) is 0 Å². The maximum absolute atomic E-state index is 14.2. The van der Waals surface area contributed by atoms with E-state index in [0.717, 1.165) is 11.1 Å². The fraction of sp³-hybridized carbons (Fsp3) is 0.200. The van der Waals surface area contributed by atoms with Crippen molar-refractivity contribution in [2.24, 2.45) is 0 Å². The number of benzene rings is 2. The van der Waals surface area contributed by atoms with Crippen molar-refractivity contribution in [3.05, 3.63) is 76.4 Å². The lowest BCUT2D eigenvalue weighted by molar-refractivity contribution is -0.140. The summed E-state index contributed by atoms with van der Waals surface area (Å²) < 4.78 is 27.1. The molecule has 2 N–H and O–H groups in total. The Hall–Kier alpha value is -2.86. The number of halogens is 2. The fourth-order valence-corrected chi connectivity index (χ4v) is 3.04. The van der Waals surface area contributed by atoms with Gasteiger partial charge in [0, 0.05) is 18.5 Å². The average molecular weight is 357 g/mol. The molecule has 6 heteroatoms. The first-order valence-corrected chi connectivity index (χ1v) is 8.15. The summed E-state index contributed by atoms with van der Waals surface area (Å²) in [5.74, 6) is -2.59. The number of hydrogen-bond donors (Lipinski definition) is 2. The summed E-state index contributed by atoms with van der Waals surface area (Å²) in [5.41, 5.74) is 2.57. The third kappa shape index (κ3) is 4.03. The summed E-state index contributed by atoms with van der Waals surface area (Å²) in [5, 5.41) is 12.0. The van der Waals surface area contributed by atoms with Gasteiger partial charge in [-0.2, -0.15) is 0 Å². The van der Waals surface area contributed by atoms with E-state index < -0.39 is 24.0 Å². The number of rotatable bonds is 7. The molecule has 134 valence electrons. The van der Waals surface area contributed by atoms with Crippen LogP contribution in [0.5, 0.6) is 0 Å². The van der Waals surface area contributed by atoms with E-state index in [1.54, 1.807) is 24.3 Å². The Morgan fingerprint density at radius 1 is 1.08 bits per heavy atom. The SMILES string of the molecule is O=C(O)CC(=O)Cc1c(F)ccc2c1C=CC2NCc1ccc(F)cc1. The van der Waals surface area contributed by atoms with Crippen LogP contribution in [0.15, 0.2) is 42.5 Å². The first kappa shape index (κ1) is 17.9. The van der Waals surface area contributed by atoms with Gasteiger partial charge in [0.1, 0.15) is 23.8 Å². The Labute approximate surface area is 149 Å². The summed E-state index contributed by atoms with van der Waals surface area (Å²) in [4.78, 5) is 22.4. The molecular formula is C20H17F2NO3. The van der Waals surface area contributed by atoms with Gasteiger partial charge in [0.2, 0.25) is 0 Å². The molecular weight excluding hydrogens is 340 g/mol. The lowest BCUT2D eigenvalue weighted by atomic mass is 9.96. The van der Waals surface area contributed by atoms with Gasteiger partial charge in [-0.1, -0.05) is 30.4 Å². The summed E-state index contributed by atoms with van der Waals surface area (Å²) >= 11 is 0. The highest BCUT2D eigenvalue weighted by atomic mass is 19.1. The number of nitrogens with one attached hydrogen (secondary N) is 1. The van der Waals surface area contributed by atoms with Crippen molar-refractivity contribution in [1.82, 2.24) is 5.32 Å². The van der Waals surface area contributed by atoms with Crippen LogP contribution in [0.1, 0.15) is 34.7 Å². The smallest absolute Gasteiger partial charge is 0.310 e. The fourth-order valence-electron chi connectivity index (χ4n) is 3.04. The van der Waals surface area contributed by atoms with E-state index in [4.69, 9.17) is 5.11 Å². The maximum atomic E-state index is 14.2. The van der Waals surface area contributed by atoms with Gasteiger partial charge in [0.25, 0.3) is 0 Å². The Balaban J connectivity index is 1.75. The van der Waals surface area contributed by atoms with Crippen LogP contribution in [0.4, 0.5) is 8.78 Å². The zero-order valence-electron chi connectivity index (χ0n) is 13.8. The first-order valence-electron chi connectivity index (χ1n) is 8.15. The quantitative estimate of drug-likeness (QED) is 0.746. The van der Waals surface area contributed by atoms with E-state index in [2.05, 4.69) is 5.32 Å². The van der Waals surface area contributed by atoms with Crippen LogP contribution in [0, 0.1) is 11.6 Å². The van der Waals surface area contributed by atoms with Crippen LogP contribution in [-0.2, 0) is 22.6 Å². The number of carbonyl (C=O) groups is 2. The van der Waals surface area contributed by atoms with Gasteiger partial charge in [-0.15, -0.1) is 0 Å². The van der Waals surface area contributed by atoms with Crippen LogP contribution >= 0.6 is 0 Å². The minimum Gasteiger partial charge on any atom is -0.481 e. The number of carbonyl (C=O) groups excluding carboxylic acids is 1. The van der Waals surface area contributed by atoms with Crippen LogP contribution in [0.3, 0.4) is 0 Å². The van der Waals surface area contributed by atoms with E-state index in [0.29, 0.717) is 12.1 Å². The molecule has 3 rings (SSSR count). The van der Waals surface area contributed by atoms with Gasteiger partial charge in [0.05, 0.1) is 6.04 Å². The van der Waals surface area contributed by atoms with E-state index in [1.807, 2.05) is 6.08 Å². The molecule has 2 aromatic rings. The monoisotopic (exact) mass is 357 g/mol. The molecule has 4 nitrogen and oxygen atoms in total. The van der Waals surface area contributed by atoms with Crippen molar-refractivity contribution in [3.63, 3.8) is 0 Å². The zero-order chi connectivity index (χ0) is 18.7. The molecule has 0 saturated heterocycles. The van der Waals surface area contributed by atoms with E-state index in [1.165, 1.54) is 18.2 Å². The minimum absolute atomic E-state index is 0.163. The Kier molecular flexibility index (Phi) is 5.23. The normalized spacial score (nSPS) is 15.1. The zero-order valence-corrected chi connectivity index (χ0v) is 13.8. The van der Waals surface area contributed by atoms with Crippen molar-refractivity contribution in [3.8, 4) is 0 Å². The topological polar surface area (TPSA) is 66.4 Å². The van der Waals surface area contributed by atoms with Gasteiger partial charge in [-0.3, -0.25) is 9.59 Å². The number of hydrogen-bond acceptors (Lipinski definition) is 3. The molecule has 2 aromatic carbocycles. The van der Waals surface area contributed by atoms with Crippen molar-refractivity contribution >= 4 is 17.8 Å². The van der Waals surface area contributed by atoms with E-state index in [9.17, 15) is 18.4 Å². The van der Waals surface area contributed by atoms with Gasteiger partial charge in [-0.25, -0.2) is 8.78 Å². The molecule has 0 saturated carbocycles. The largest absolute Gasteiger partial charge is 0.481 e. The van der Waals surface area contributed by atoms with Gasteiger partial charge in [-0.05, 0) is 34.9 Å². The summed E-state index contributed by atoms with van der Waals surface area (Å²) in [6.45, 7) is 0.499. The Bertz CT molecular complexity index is 875. The molecule has 0 radical (unpaired) electrons. The highest BCUT2D eigenvalue weighted by Crippen LogP contribution is 2.32. The predicted molar refractivity (Wildman–Crippen MR) is 92.4 cm³/mol. The number of Topliss-reactive ketones (excluding diaryl/α,β-unsaturated/α-hetero) is 1. The van der Waals surface area contributed by atoms with Crippen LogP contribution in [0.25, 0.3) is 6.08 Å². The predicted octanol–water partition coefficient (Wildman–Crippen LogP) is 3.41. The Morgan fingerprint density at radius 3 is 2.50 bits per heavy atom. The molecule has 1 unspecified atom stereocenters. The lowest BCUT2D eigenvalue weighted by Gasteiger charge is -2.15.